The Morgan fingerprint density at radius 1 is 1.11 bits per heavy atom. The van der Waals surface area contributed by atoms with Gasteiger partial charge in [-0.1, -0.05) is 46.0 Å². The summed E-state index contributed by atoms with van der Waals surface area (Å²) in [6, 6.07) is 12.2. The third kappa shape index (κ3) is 9.33. The molecule has 102 valence electrons. The maximum absolute atomic E-state index is 3.65. The van der Waals surface area contributed by atoms with Gasteiger partial charge in [0.05, 0.1) is 0 Å². The Morgan fingerprint density at radius 3 is 2.53 bits per heavy atom. The van der Waals surface area contributed by atoms with Crippen LogP contribution in [0.4, 0.5) is 0 Å². The fourth-order valence-electron chi connectivity index (χ4n) is 2.24. The van der Waals surface area contributed by atoms with Gasteiger partial charge in [0.25, 0.3) is 0 Å². The fraction of sp³-hybridized carbons (Fsp3) is 0.647. The van der Waals surface area contributed by atoms with Crippen LogP contribution in [0.3, 0.4) is 0 Å². The molecule has 0 aliphatic carbocycles. The smallest absolute Gasteiger partial charge is 0.312 e. The second kappa shape index (κ2) is 12.8. The minimum atomic E-state index is 0. The molecule has 1 aromatic carbocycles. The fourth-order valence-corrected chi connectivity index (χ4v) is 2.24. The molecule has 0 aromatic heterocycles. The number of benzene rings is 1. The molecule has 1 nitrogen and oxygen atoms in total. The SMILES string of the molecule is CCCCCCCC(CC)NCc1[c-]cccc1.[Li+]. The van der Waals surface area contributed by atoms with Crippen molar-refractivity contribution in [2.75, 3.05) is 0 Å². The maximum atomic E-state index is 3.65. The summed E-state index contributed by atoms with van der Waals surface area (Å²) >= 11 is 0. The van der Waals surface area contributed by atoms with Crippen molar-refractivity contribution in [3.05, 3.63) is 35.9 Å². The van der Waals surface area contributed by atoms with E-state index in [-0.39, 0.29) is 18.9 Å². The van der Waals surface area contributed by atoms with Gasteiger partial charge in [0.15, 0.2) is 0 Å². The third-order valence-corrected chi connectivity index (χ3v) is 3.50. The molecule has 1 atom stereocenters. The zero-order valence-electron chi connectivity index (χ0n) is 13.0. The van der Waals surface area contributed by atoms with E-state index in [1.807, 2.05) is 12.1 Å². The van der Waals surface area contributed by atoms with Crippen molar-refractivity contribution < 1.29 is 18.9 Å². The number of hydrogen-bond donors (Lipinski definition) is 1. The average molecular weight is 253 g/mol. The van der Waals surface area contributed by atoms with E-state index in [0.717, 1.165) is 6.54 Å². The van der Waals surface area contributed by atoms with Crippen LogP contribution in [0.15, 0.2) is 24.3 Å². The number of hydrogen-bond acceptors (Lipinski definition) is 1. The molecule has 0 aliphatic rings. The van der Waals surface area contributed by atoms with Gasteiger partial charge in [-0.05, 0) is 19.4 Å². The summed E-state index contributed by atoms with van der Waals surface area (Å²) < 4.78 is 0. The van der Waals surface area contributed by atoms with Crippen molar-refractivity contribution in [3.63, 3.8) is 0 Å². The summed E-state index contributed by atoms with van der Waals surface area (Å²) in [6.07, 6.45) is 9.42. The summed E-state index contributed by atoms with van der Waals surface area (Å²) in [5, 5.41) is 3.65. The van der Waals surface area contributed by atoms with Gasteiger partial charge >= 0.3 is 18.9 Å². The second-order valence-electron chi connectivity index (χ2n) is 5.08. The van der Waals surface area contributed by atoms with Gasteiger partial charge < -0.3 is 5.32 Å². The van der Waals surface area contributed by atoms with E-state index in [1.165, 1.54) is 50.5 Å². The first kappa shape index (κ1) is 18.8. The molecular formula is C17H28LiN. The molecule has 2 heteroatoms. The summed E-state index contributed by atoms with van der Waals surface area (Å²) in [4.78, 5) is 0. The van der Waals surface area contributed by atoms with Gasteiger partial charge in [-0.25, -0.2) is 0 Å². The van der Waals surface area contributed by atoms with Crippen molar-refractivity contribution in [1.29, 1.82) is 0 Å². The van der Waals surface area contributed by atoms with Crippen molar-refractivity contribution in [2.45, 2.75) is 71.4 Å². The third-order valence-electron chi connectivity index (χ3n) is 3.50. The van der Waals surface area contributed by atoms with E-state index < -0.39 is 0 Å². The Hall–Kier alpha value is -0.223. The van der Waals surface area contributed by atoms with Crippen LogP contribution < -0.4 is 24.2 Å². The summed E-state index contributed by atoms with van der Waals surface area (Å²) in [5.41, 5.74) is 1.27. The first-order valence-electron chi connectivity index (χ1n) is 7.55. The van der Waals surface area contributed by atoms with Crippen molar-refractivity contribution in [1.82, 2.24) is 5.32 Å². The Balaban J connectivity index is 0.00000324. The molecule has 0 amide bonds. The summed E-state index contributed by atoms with van der Waals surface area (Å²) in [6.45, 7) is 5.50. The van der Waals surface area contributed by atoms with Gasteiger partial charge in [0, 0.05) is 6.04 Å². The molecule has 19 heavy (non-hydrogen) atoms. The van der Waals surface area contributed by atoms with E-state index in [0.29, 0.717) is 6.04 Å². The van der Waals surface area contributed by atoms with Gasteiger partial charge in [-0.2, -0.15) is 30.3 Å². The molecule has 0 aliphatic heterocycles. The summed E-state index contributed by atoms with van der Waals surface area (Å²) in [5.74, 6) is 0. The van der Waals surface area contributed by atoms with Gasteiger partial charge in [-0.15, -0.1) is 5.56 Å². The predicted molar refractivity (Wildman–Crippen MR) is 79.6 cm³/mol. The molecule has 0 saturated heterocycles. The second-order valence-corrected chi connectivity index (χ2v) is 5.08. The monoisotopic (exact) mass is 253 g/mol. The minimum absolute atomic E-state index is 0. The Kier molecular flexibility index (Phi) is 12.6. The quantitative estimate of drug-likeness (QED) is 0.380. The summed E-state index contributed by atoms with van der Waals surface area (Å²) in [7, 11) is 0. The van der Waals surface area contributed by atoms with E-state index in [4.69, 9.17) is 0 Å². The van der Waals surface area contributed by atoms with E-state index in [2.05, 4.69) is 37.4 Å². The van der Waals surface area contributed by atoms with Crippen LogP contribution in [0.5, 0.6) is 0 Å². The van der Waals surface area contributed by atoms with E-state index >= 15 is 0 Å². The molecule has 0 saturated carbocycles. The molecule has 0 fully saturated rings. The van der Waals surface area contributed by atoms with E-state index in [1.54, 1.807) is 0 Å². The molecule has 0 heterocycles. The van der Waals surface area contributed by atoms with Crippen molar-refractivity contribution >= 4 is 0 Å². The van der Waals surface area contributed by atoms with E-state index in [9.17, 15) is 0 Å². The molecule has 0 bridgehead atoms. The molecule has 0 spiro atoms. The molecule has 1 rings (SSSR count). The average Bonchev–Trinajstić information content (AvgIpc) is 2.43. The van der Waals surface area contributed by atoms with Gasteiger partial charge in [0.1, 0.15) is 0 Å². The zero-order chi connectivity index (χ0) is 13.1. The van der Waals surface area contributed by atoms with Gasteiger partial charge in [0.2, 0.25) is 0 Å². The largest absolute Gasteiger partial charge is 1.00 e. The molecule has 0 radical (unpaired) electrons. The minimum Gasteiger partial charge on any atom is -0.312 e. The Bertz CT molecular complexity index is 287. The van der Waals surface area contributed by atoms with Crippen LogP contribution in [0.25, 0.3) is 0 Å². The predicted octanol–water partition coefficient (Wildman–Crippen LogP) is 1.72. The first-order valence-corrected chi connectivity index (χ1v) is 7.55. The Labute approximate surface area is 131 Å². The van der Waals surface area contributed by atoms with Crippen LogP contribution in [-0.2, 0) is 6.54 Å². The van der Waals surface area contributed by atoms with Crippen LogP contribution >= 0.6 is 0 Å². The zero-order valence-corrected chi connectivity index (χ0v) is 13.0. The van der Waals surface area contributed by atoms with Crippen LogP contribution in [0.1, 0.15) is 64.4 Å². The van der Waals surface area contributed by atoms with Crippen molar-refractivity contribution in [2.24, 2.45) is 0 Å². The number of unbranched alkanes of at least 4 members (excludes halogenated alkanes) is 4. The Morgan fingerprint density at radius 2 is 1.89 bits per heavy atom. The normalized spacial score (nSPS) is 11.9. The first-order chi connectivity index (χ1) is 8.86. The number of nitrogens with one attached hydrogen (secondary N) is 1. The maximum Gasteiger partial charge on any atom is 1.00 e. The van der Waals surface area contributed by atoms with Crippen LogP contribution in [0.2, 0.25) is 0 Å². The van der Waals surface area contributed by atoms with Crippen molar-refractivity contribution in [3.8, 4) is 0 Å². The molecule has 1 N–H and O–H groups in total. The molecular weight excluding hydrogens is 225 g/mol. The molecule has 1 unspecified atom stereocenters. The number of rotatable bonds is 10. The standard InChI is InChI=1S/C17H28N.Li/c1-3-5-6-7-11-14-17(4-2)18-15-16-12-9-8-10-13-16;/h8-10,12,17-18H,3-7,11,14-15H2,1-2H3;/q-1;+1. The van der Waals surface area contributed by atoms with Crippen LogP contribution in [0, 0.1) is 6.07 Å². The topological polar surface area (TPSA) is 12.0 Å². The van der Waals surface area contributed by atoms with Crippen LogP contribution in [-0.4, -0.2) is 6.04 Å². The van der Waals surface area contributed by atoms with Gasteiger partial charge in [-0.3, -0.25) is 0 Å². The molecule has 1 aromatic rings.